The summed E-state index contributed by atoms with van der Waals surface area (Å²) in [5, 5.41) is 16.8. The molecule has 0 fully saturated rings. The number of amides is 1. The average Bonchev–Trinajstić information content (AvgIpc) is 3.41. The zero-order valence-electron chi connectivity index (χ0n) is 19.5. The number of rotatable bonds is 7. The van der Waals surface area contributed by atoms with Gasteiger partial charge in [-0.25, -0.2) is 0 Å². The van der Waals surface area contributed by atoms with Crippen molar-refractivity contribution < 1.29 is 9.21 Å². The SMILES string of the molecule is Cc1cccc(Cn2nc(C(C)(C)C)cc2-c2nnc(SCC(=O)Nc3ccccc3Cl)o2)c1. The molecule has 34 heavy (non-hydrogen) atoms. The van der Waals surface area contributed by atoms with E-state index in [0.717, 1.165) is 17.0 Å². The predicted octanol–water partition coefficient (Wildman–Crippen LogP) is 5.97. The molecule has 0 aliphatic carbocycles. The molecule has 0 bridgehead atoms. The van der Waals surface area contributed by atoms with Gasteiger partial charge in [-0.2, -0.15) is 5.10 Å². The number of anilines is 1. The molecule has 0 aliphatic rings. The molecule has 0 atom stereocenters. The minimum atomic E-state index is -0.211. The van der Waals surface area contributed by atoms with Crippen LogP contribution in [0.2, 0.25) is 5.02 Å². The monoisotopic (exact) mass is 495 g/mol. The maximum Gasteiger partial charge on any atom is 0.277 e. The Hall–Kier alpha value is -3.10. The topological polar surface area (TPSA) is 85.8 Å². The summed E-state index contributed by atoms with van der Waals surface area (Å²) in [5.41, 5.74) is 4.42. The Morgan fingerprint density at radius 1 is 1.12 bits per heavy atom. The van der Waals surface area contributed by atoms with Crippen molar-refractivity contribution in [3.8, 4) is 11.6 Å². The second-order valence-corrected chi connectivity index (χ2v) is 10.3. The number of halogens is 1. The lowest BCUT2D eigenvalue weighted by atomic mass is 9.92. The maximum absolute atomic E-state index is 12.3. The Morgan fingerprint density at radius 3 is 2.65 bits per heavy atom. The summed E-state index contributed by atoms with van der Waals surface area (Å²) >= 11 is 7.27. The quantitative estimate of drug-likeness (QED) is 0.318. The number of nitrogens with zero attached hydrogens (tertiary/aromatic N) is 4. The first-order valence-corrected chi connectivity index (χ1v) is 12.2. The summed E-state index contributed by atoms with van der Waals surface area (Å²) in [6, 6.07) is 17.4. The molecule has 0 saturated carbocycles. The highest BCUT2D eigenvalue weighted by Crippen LogP contribution is 2.29. The number of nitrogens with one attached hydrogen (secondary N) is 1. The van der Waals surface area contributed by atoms with Crippen LogP contribution >= 0.6 is 23.4 Å². The predicted molar refractivity (Wildman–Crippen MR) is 135 cm³/mol. The minimum Gasteiger partial charge on any atom is -0.410 e. The minimum absolute atomic E-state index is 0.114. The molecule has 176 valence electrons. The first kappa shape index (κ1) is 24.0. The first-order valence-electron chi connectivity index (χ1n) is 10.8. The number of aromatic nitrogens is 4. The lowest BCUT2D eigenvalue weighted by molar-refractivity contribution is -0.113. The number of thioether (sulfide) groups is 1. The van der Waals surface area contributed by atoms with Crippen LogP contribution in [0.25, 0.3) is 11.6 Å². The number of benzene rings is 2. The van der Waals surface area contributed by atoms with Gasteiger partial charge in [0.15, 0.2) is 0 Å². The molecule has 7 nitrogen and oxygen atoms in total. The van der Waals surface area contributed by atoms with E-state index in [1.165, 1.54) is 17.3 Å². The van der Waals surface area contributed by atoms with E-state index in [1.54, 1.807) is 18.2 Å². The molecule has 2 heterocycles. The molecule has 2 aromatic carbocycles. The number of hydrogen-bond acceptors (Lipinski definition) is 6. The summed E-state index contributed by atoms with van der Waals surface area (Å²) in [6.07, 6.45) is 0. The van der Waals surface area contributed by atoms with Gasteiger partial charge in [0.1, 0.15) is 5.69 Å². The van der Waals surface area contributed by atoms with Gasteiger partial charge in [0.05, 0.1) is 28.7 Å². The van der Waals surface area contributed by atoms with Gasteiger partial charge in [-0.1, -0.05) is 86.1 Å². The fourth-order valence-corrected chi connectivity index (χ4v) is 4.05. The second kappa shape index (κ2) is 10.0. The number of carbonyl (C=O) groups excluding carboxylic acids is 1. The lowest BCUT2D eigenvalue weighted by Crippen LogP contribution is -2.14. The second-order valence-electron chi connectivity index (χ2n) is 9.00. The normalized spacial score (nSPS) is 11.6. The molecular formula is C25H26ClN5O2S. The van der Waals surface area contributed by atoms with Crippen molar-refractivity contribution in [3.63, 3.8) is 0 Å². The summed E-state index contributed by atoms with van der Waals surface area (Å²) in [5.74, 6) is 0.268. The molecule has 0 aliphatic heterocycles. The van der Waals surface area contributed by atoms with Gasteiger partial charge < -0.3 is 9.73 Å². The van der Waals surface area contributed by atoms with Crippen molar-refractivity contribution in [1.82, 2.24) is 20.0 Å². The van der Waals surface area contributed by atoms with Crippen LogP contribution in [0.1, 0.15) is 37.6 Å². The summed E-state index contributed by atoms with van der Waals surface area (Å²) < 4.78 is 7.79. The van der Waals surface area contributed by atoms with Gasteiger partial charge in [0, 0.05) is 5.41 Å². The Morgan fingerprint density at radius 2 is 1.91 bits per heavy atom. The van der Waals surface area contributed by atoms with E-state index < -0.39 is 0 Å². The number of hydrogen-bond donors (Lipinski definition) is 1. The van der Waals surface area contributed by atoms with Crippen molar-refractivity contribution in [3.05, 3.63) is 76.4 Å². The fraction of sp³-hybridized carbons (Fsp3) is 0.280. The zero-order valence-corrected chi connectivity index (χ0v) is 21.1. The van der Waals surface area contributed by atoms with Crippen LogP contribution in [-0.2, 0) is 16.8 Å². The zero-order chi connectivity index (χ0) is 24.3. The Bertz CT molecular complexity index is 1310. The van der Waals surface area contributed by atoms with E-state index in [2.05, 4.69) is 61.4 Å². The van der Waals surface area contributed by atoms with E-state index in [-0.39, 0.29) is 17.1 Å². The highest BCUT2D eigenvalue weighted by molar-refractivity contribution is 7.99. The standard InChI is InChI=1S/C25H26ClN5O2S/c1-16-8-7-9-17(12-16)14-31-20(13-21(30-31)25(2,3)4)23-28-29-24(33-23)34-15-22(32)27-19-11-6-5-10-18(19)26/h5-13H,14-15H2,1-4H3,(H,27,32). The summed E-state index contributed by atoms with van der Waals surface area (Å²) in [6.45, 7) is 8.99. The number of aryl methyl sites for hydroxylation is 1. The van der Waals surface area contributed by atoms with E-state index in [9.17, 15) is 4.79 Å². The fourth-order valence-electron chi connectivity index (χ4n) is 3.31. The van der Waals surface area contributed by atoms with E-state index in [4.69, 9.17) is 21.1 Å². The largest absolute Gasteiger partial charge is 0.410 e. The summed E-state index contributed by atoms with van der Waals surface area (Å²) in [7, 11) is 0. The lowest BCUT2D eigenvalue weighted by Gasteiger charge is -2.14. The summed E-state index contributed by atoms with van der Waals surface area (Å²) in [4.78, 5) is 12.3. The van der Waals surface area contributed by atoms with Gasteiger partial charge in [-0.3, -0.25) is 9.48 Å². The maximum atomic E-state index is 12.3. The third kappa shape index (κ3) is 5.87. The van der Waals surface area contributed by atoms with Gasteiger partial charge >= 0.3 is 0 Å². The van der Waals surface area contributed by atoms with E-state index in [0.29, 0.717) is 28.4 Å². The third-order valence-electron chi connectivity index (χ3n) is 5.06. The average molecular weight is 496 g/mol. The molecular weight excluding hydrogens is 470 g/mol. The molecule has 4 rings (SSSR count). The Balaban J connectivity index is 1.51. The molecule has 1 N–H and O–H groups in total. The first-order chi connectivity index (χ1) is 16.2. The molecule has 0 radical (unpaired) electrons. The van der Waals surface area contributed by atoms with Crippen molar-refractivity contribution in [1.29, 1.82) is 0 Å². The molecule has 0 spiro atoms. The molecule has 1 amide bonds. The van der Waals surface area contributed by atoms with Crippen LogP contribution in [0, 0.1) is 6.92 Å². The van der Waals surface area contributed by atoms with Gasteiger partial charge in [0.25, 0.3) is 11.1 Å². The van der Waals surface area contributed by atoms with Crippen LogP contribution < -0.4 is 5.32 Å². The van der Waals surface area contributed by atoms with Crippen LogP contribution in [0.5, 0.6) is 0 Å². The van der Waals surface area contributed by atoms with Crippen molar-refractivity contribution in [2.45, 2.75) is 44.9 Å². The highest BCUT2D eigenvalue weighted by atomic mass is 35.5. The molecule has 4 aromatic rings. The molecule has 2 aromatic heterocycles. The van der Waals surface area contributed by atoms with Gasteiger partial charge in [-0.15, -0.1) is 10.2 Å². The van der Waals surface area contributed by atoms with E-state index in [1.807, 2.05) is 22.9 Å². The molecule has 9 heteroatoms. The van der Waals surface area contributed by atoms with Crippen molar-refractivity contribution >= 4 is 35.0 Å². The smallest absolute Gasteiger partial charge is 0.277 e. The highest BCUT2D eigenvalue weighted by Gasteiger charge is 2.23. The van der Waals surface area contributed by atoms with Crippen LogP contribution in [-0.4, -0.2) is 31.6 Å². The molecule has 0 unspecified atom stereocenters. The number of carbonyl (C=O) groups is 1. The van der Waals surface area contributed by atoms with Crippen LogP contribution in [0.15, 0.2) is 64.2 Å². The van der Waals surface area contributed by atoms with Crippen molar-refractivity contribution in [2.75, 3.05) is 11.1 Å². The molecule has 0 saturated heterocycles. The number of para-hydroxylation sites is 1. The Labute approximate surface area is 207 Å². The van der Waals surface area contributed by atoms with Crippen molar-refractivity contribution in [2.24, 2.45) is 0 Å². The Kier molecular flexibility index (Phi) is 7.09. The third-order valence-corrected chi connectivity index (χ3v) is 6.21. The van der Waals surface area contributed by atoms with Crippen LogP contribution in [0.3, 0.4) is 0 Å². The van der Waals surface area contributed by atoms with Crippen LogP contribution in [0.4, 0.5) is 5.69 Å². The van der Waals surface area contributed by atoms with Gasteiger partial charge in [0.2, 0.25) is 5.91 Å². The van der Waals surface area contributed by atoms with Gasteiger partial charge in [-0.05, 0) is 30.7 Å². The van der Waals surface area contributed by atoms with E-state index >= 15 is 0 Å².